The van der Waals surface area contributed by atoms with Crippen molar-refractivity contribution < 1.29 is 4.74 Å². The Morgan fingerprint density at radius 2 is 1.92 bits per heavy atom. The van der Waals surface area contributed by atoms with E-state index in [-0.39, 0.29) is 0 Å². The molecule has 0 saturated heterocycles. The number of methoxy groups -OCH3 is 1. The zero-order valence-electron chi connectivity index (χ0n) is 14.0. The molecular weight excluding hydrogens is 388 g/mol. The maximum atomic E-state index is 5.17. The molecule has 0 fully saturated rings. The highest BCUT2D eigenvalue weighted by molar-refractivity contribution is 8.00. The van der Waals surface area contributed by atoms with Gasteiger partial charge < -0.3 is 4.74 Å². The van der Waals surface area contributed by atoms with Gasteiger partial charge in [0, 0.05) is 0 Å². The van der Waals surface area contributed by atoms with Crippen molar-refractivity contribution in [2.75, 3.05) is 7.11 Å². The lowest BCUT2D eigenvalue weighted by Crippen LogP contribution is -1.93. The molecule has 0 amide bonds. The molecule has 3 aromatic heterocycles. The average Bonchev–Trinajstić information content (AvgIpc) is 3.35. The predicted octanol–water partition coefficient (Wildman–Crippen LogP) is 3.82. The van der Waals surface area contributed by atoms with E-state index >= 15 is 0 Å². The summed E-state index contributed by atoms with van der Waals surface area (Å²) in [5.41, 5.74) is 1.08. The van der Waals surface area contributed by atoms with Crippen molar-refractivity contribution in [1.29, 1.82) is 0 Å². The van der Waals surface area contributed by atoms with Crippen LogP contribution >= 0.6 is 34.4 Å². The highest BCUT2D eigenvalue weighted by Crippen LogP contribution is 2.26. The number of ether oxygens (including phenoxy) is 1. The zero-order chi connectivity index (χ0) is 17.9. The predicted molar refractivity (Wildman–Crippen MR) is 105 cm³/mol. The molecule has 0 unspecified atom stereocenters. The summed E-state index contributed by atoms with van der Waals surface area (Å²) in [4.78, 5) is 0.781. The quantitative estimate of drug-likeness (QED) is 0.454. The molecule has 3 heterocycles. The molecular formula is C16H14N6OS3. The Hall–Kier alpha value is -2.30. The van der Waals surface area contributed by atoms with Crippen LogP contribution in [0, 0.1) is 6.92 Å². The summed E-state index contributed by atoms with van der Waals surface area (Å²) >= 11 is 4.67. The minimum Gasteiger partial charge on any atom is -0.497 e. The number of thioether (sulfide) groups is 1. The van der Waals surface area contributed by atoms with E-state index in [0.29, 0.717) is 5.75 Å². The molecule has 0 N–H and O–H groups in total. The van der Waals surface area contributed by atoms with Crippen LogP contribution in [-0.4, -0.2) is 37.1 Å². The normalized spacial score (nSPS) is 11.6. The number of hydrogen-bond acceptors (Lipinski definition) is 9. The number of hydrogen-bond donors (Lipinski definition) is 0. The molecule has 0 radical (unpaired) electrons. The van der Waals surface area contributed by atoms with Crippen molar-refractivity contribution >= 4 is 51.5 Å². The molecule has 4 rings (SSSR count). The van der Waals surface area contributed by atoms with Crippen LogP contribution in [-0.2, 0) is 5.75 Å². The topological polar surface area (TPSA) is 78.1 Å². The van der Waals surface area contributed by atoms with Crippen LogP contribution in [0.1, 0.15) is 21.4 Å². The van der Waals surface area contributed by atoms with Gasteiger partial charge in [0.1, 0.15) is 15.8 Å². The number of nitrogens with zero attached hydrogens (tertiary/aromatic N) is 6. The third kappa shape index (κ3) is 3.76. The zero-order valence-corrected chi connectivity index (χ0v) is 16.4. The van der Waals surface area contributed by atoms with Crippen molar-refractivity contribution in [2.24, 2.45) is 0 Å². The van der Waals surface area contributed by atoms with E-state index in [0.717, 1.165) is 36.5 Å². The standard InChI is InChI=1S/C16H14N6OS3/c1-10-17-20-16(25-10)24-9-13-18-19-15-22(13)21-14(26-15)8-5-11-3-6-12(23-2)7-4-11/h3-8H,9H2,1-2H3/b8-5+. The maximum Gasteiger partial charge on any atom is 0.234 e. The van der Waals surface area contributed by atoms with E-state index < -0.39 is 0 Å². The summed E-state index contributed by atoms with van der Waals surface area (Å²) in [6.45, 7) is 1.94. The molecule has 0 saturated carbocycles. The van der Waals surface area contributed by atoms with E-state index in [1.165, 1.54) is 11.3 Å². The van der Waals surface area contributed by atoms with Crippen LogP contribution in [0.15, 0.2) is 28.6 Å². The summed E-state index contributed by atoms with van der Waals surface area (Å²) in [7, 11) is 1.66. The van der Waals surface area contributed by atoms with Crippen molar-refractivity contribution in [2.45, 2.75) is 17.0 Å². The van der Waals surface area contributed by atoms with Crippen LogP contribution in [0.3, 0.4) is 0 Å². The van der Waals surface area contributed by atoms with Crippen LogP contribution in [0.5, 0.6) is 5.75 Å². The van der Waals surface area contributed by atoms with Gasteiger partial charge >= 0.3 is 0 Å². The van der Waals surface area contributed by atoms with Gasteiger partial charge in [-0.05, 0) is 30.7 Å². The van der Waals surface area contributed by atoms with E-state index in [9.17, 15) is 0 Å². The number of aromatic nitrogens is 6. The lowest BCUT2D eigenvalue weighted by atomic mass is 10.2. The fourth-order valence-corrected chi connectivity index (χ4v) is 4.66. The minimum absolute atomic E-state index is 0.654. The second kappa shape index (κ2) is 7.52. The van der Waals surface area contributed by atoms with Crippen molar-refractivity contribution in [1.82, 2.24) is 30.0 Å². The smallest absolute Gasteiger partial charge is 0.234 e. The van der Waals surface area contributed by atoms with Crippen molar-refractivity contribution in [3.05, 3.63) is 45.7 Å². The number of aryl methyl sites for hydroxylation is 1. The van der Waals surface area contributed by atoms with Gasteiger partial charge in [0.2, 0.25) is 4.96 Å². The summed E-state index contributed by atoms with van der Waals surface area (Å²) in [5.74, 6) is 2.30. The molecule has 0 aliphatic rings. The van der Waals surface area contributed by atoms with Gasteiger partial charge in [0.05, 0.1) is 12.9 Å². The Labute approximate surface area is 161 Å². The molecule has 7 nitrogen and oxygen atoms in total. The summed E-state index contributed by atoms with van der Waals surface area (Å²) in [5, 5.41) is 23.0. The first kappa shape index (κ1) is 17.1. The minimum atomic E-state index is 0.654. The first-order valence-corrected chi connectivity index (χ1v) is 10.3. The second-order valence-corrected chi connectivity index (χ2v) is 8.62. The van der Waals surface area contributed by atoms with Gasteiger partial charge in [-0.15, -0.1) is 20.4 Å². The first-order valence-electron chi connectivity index (χ1n) is 7.67. The Morgan fingerprint density at radius 1 is 1.08 bits per heavy atom. The molecule has 0 aliphatic carbocycles. The van der Waals surface area contributed by atoms with Gasteiger partial charge in [-0.2, -0.15) is 9.61 Å². The van der Waals surface area contributed by atoms with Crippen LogP contribution in [0.25, 0.3) is 17.1 Å². The Kier molecular flexibility index (Phi) is 4.96. The van der Waals surface area contributed by atoms with Gasteiger partial charge in [-0.25, -0.2) is 0 Å². The summed E-state index contributed by atoms with van der Waals surface area (Å²) in [6.07, 6.45) is 4.00. The highest BCUT2D eigenvalue weighted by Gasteiger charge is 2.12. The number of fused-ring (bicyclic) bond motifs is 1. The first-order chi connectivity index (χ1) is 12.7. The molecule has 0 aliphatic heterocycles. The van der Waals surface area contributed by atoms with Gasteiger partial charge in [-0.3, -0.25) is 0 Å². The second-order valence-electron chi connectivity index (χ2n) is 5.23. The lowest BCUT2D eigenvalue weighted by Gasteiger charge is -1.98. The molecule has 1 aromatic carbocycles. The fraction of sp³-hybridized carbons (Fsp3) is 0.188. The van der Waals surface area contributed by atoms with E-state index in [1.807, 2.05) is 43.3 Å². The van der Waals surface area contributed by atoms with Crippen molar-refractivity contribution in [3.63, 3.8) is 0 Å². The van der Waals surface area contributed by atoms with E-state index in [2.05, 4.69) is 25.5 Å². The third-order valence-electron chi connectivity index (χ3n) is 3.44. The Morgan fingerprint density at radius 3 is 2.65 bits per heavy atom. The Bertz CT molecular complexity index is 1050. The van der Waals surface area contributed by atoms with Crippen molar-refractivity contribution in [3.8, 4) is 5.75 Å². The van der Waals surface area contributed by atoms with Crippen LogP contribution in [0.4, 0.5) is 0 Å². The molecule has 132 valence electrons. The average molecular weight is 403 g/mol. The summed E-state index contributed by atoms with van der Waals surface area (Å²) in [6, 6.07) is 7.87. The maximum absolute atomic E-state index is 5.17. The number of benzene rings is 1. The molecule has 0 bridgehead atoms. The van der Waals surface area contributed by atoms with Gasteiger partial charge in [0.15, 0.2) is 10.2 Å². The van der Waals surface area contributed by atoms with E-state index in [1.54, 1.807) is 34.7 Å². The fourth-order valence-electron chi connectivity index (χ4n) is 2.18. The van der Waals surface area contributed by atoms with Crippen LogP contribution in [0.2, 0.25) is 0 Å². The monoisotopic (exact) mass is 402 g/mol. The molecule has 10 heteroatoms. The molecule has 26 heavy (non-hydrogen) atoms. The molecule has 4 aromatic rings. The highest BCUT2D eigenvalue weighted by atomic mass is 32.2. The van der Waals surface area contributed by atoms with Gasteiger partial charge in [-0.1, -0.05) is 52.6 Å². The Balaban J connectivity index is 1.48. The largest absolute Gasteiger partial charge is 0.497 e. The number of rotatable bonds is 6. The summed E-state index contributed by atoms with van der Waals surface area (Å²) < 4.78 is 7.88. The molecule has 0 spiro atoms. The lowest BCUT2D eigenvalue weighted by molar-refractivity contribution is 0.415. The third-order valence-corrected chi connectivity index (χ3v) is 6.27. The van der Waals surface area contributed by atoms with Crippen LogP contribution < -0.4 is 4.74 Å². The molecule has 0 atom stereocenters. The van der Waals surface area contributed by atoms with Gasteiger partial charge in [0.25, 0.3) is 0 Å². The SMILES string of the molecule is COc1ccc(/C=C/c2nn3c(CSc4nnc(C)s4)nnc3s2)cc1. The van der Waals surface area contributed by atoms with E-state index in [4.69, 9.17) is 4.74 Å².